The number of para-hydroxylation sites is 1. The van der Waals surface area contributed by atoms with Gasteiger partial charge in [-0.15, -0.1) is 10.2 Å². The number of nitrogens with zero attached hydrogens (tertiary/aromatic N) is 3. The zero-order valence-corrected chi connectivity index (χ0v) is 11.6. The van der Waals surface area contributed by atoms with Gasteiger partial charge in [-0.05, 0) is 25.5 Å². The van der Waals surface area contributed by atoms with Gasteiger partial charge in [0.15, 0.2) is 5.16 Å². The van der Waals surface area contributed by atoms with E-state index in [9.17, 15) is 0 Å². The van der Waals surface area contributed by atoms with E-state index >= 15 is 0 Å². The lowest BCUT2D eigenvalue weighted by molar-refractivity contribution is 0.764. The number of rotatable bonds is 6. The smallest absolute Gasteiger partial charge is 0.190 e. The van der Waals surface area contributed by atoms with Crippen LogP contribution in [-0.4, -0.2) is 27.1 Å². The molecular weight excluding hydrogens is 244 g/mol. The second-order valence-electron chi connectivity index (χ2n) is 4.08. The van der Waals surface area contributed by atoms with E-state index in [1.165, 1.54) is 5.69 Å². The third kappa shape index (κ3) is 3.50. The third-order valence-electron chi connectivity index (χ3n) is 2.71. The maximum Gasteiger partial charge on any atom is 0.190 e. The van der Waals surface area contributed by atoms with Gasteiger partial charge in [0, 0.05) is 25.0 Å². The van der Waals surface area contributed by atoms with E-state index in [-0.39, 0.29) is 0 Å². The molecule has 18 heavy (non-hydrogen) atoms. The van der Waals surface area contributed by atoms with Gasteiger partial charge in [0.05, 0.1) is 0 Å². The van der Waals surface area contributed by atoms with E-state index in [0.717, 1.165) is 29.7 Å². The Morgan fingerprint density at radius 2 is 2.00 bits per heavy atom. The molecule has 4 nitrogen and oxygen atoms in total. The zero-order chi connectivity index (χ0) is 12.8. The predicted molar refractivity (Wildman–Crippen MR) is 76.0 cm³/mol. The Kier molecular flexibility index (Phi) is 4.64. The van der Waals surface area contributed by atoms with Crippen LogP contribution in [0.3, 0.4) is 0 Å². The lowest BCUT2D eigenvalue weighted by Crippen LogP contribution is -2.02. The van der Waals surface area contributed by atoms with Crippen LogP contribution >= 0.6 is 11.8 Å². The summed E-state index contributed by atoms with van der Waals surface area (Å²) in [6, 6.07) is 10.3. The molecule has 1 aromatic heterocycles. The molecule has 5 heteroatoms. The minimum Gasteiger partial charge on any atom is -0.385 e. The van der Waals surface area contributed by atoms with Crippen molar-refractivity contribution in [2.24, 2.45) is 7.05 Å². The molecule has 2 aromatic rings. The Hall–Kier alpha value is -1.49. The van der Waals surface area contributed by atoms with E-state index in [0.29, 0.717) is 0 Å². The molecule has 0 amide bonds. The van der Waals surface area contributed by atoms with Crippen molar-refractivity contribution >= 4 is 17.4 Å². The van der Waals surface area contributed by atoms with Gasteiger partial charge in [0.2, 0.25) is 0 Å². The molecule has 96 valence electrons. The second kappa shape index (κ2) is 6.44. The molecule has 0 atom stereocenters. The number of hydrogen-bond acceptors (Lipinski definition) is 4. The minimum absolute atomic E-state index is 0.958. The lowest BCUT2D eigenvalue weighted by atomic mass is 10.3. The van der Waals surface area contributed by atoms with Crippen LogP contribution in [0.1, 0.15) is 12.2 Å². The molecule has 0 aliphatic rings. The first kappa shape index (κ1) is 13.0. The molecular formula is C13H18N4S. The SMILES string of the molecule is Cc1nnc(SCCCNc2ccccc2)n1C. The van der Waals surface area contributed by atoms with Crippen LogP contribution in [0.5, 0.6) is 0 Å². The van der Waals surface area contributed by atoms with Crippen LogP contribution in [0.4, 0.5) is 5.69 Å². The van der Waals surface area contributed by atoms with E-state index < -0.39 is 0 Å². The predicted octanol–water partition coefficient (Wildman–Crippen LogP) is 2.72. The van der Waals surface area contributed by atoms with Crippen molar-refractivity contribution in [1.29, 1.82) is 0 Å². The Bertz CT molecular complexity index is 481. The Morgan fingerprint density at radius 1 is 1.22 bits per heavy atom. The van der Waals surface area contributed by atoms with Gasteiger partial charge in [-0.3, -0.25) is 0 Å². The highest BCUT2D eigenvalue weighted by molar-refractivity contribution is 7.99. The standard InChI is InChI=1S/C13H18N4S/c1-11-15-16-13(17(11)2)18-10-6-9-14-12-7-4-3-5-8-12/h3-5,7-8,14H,6,9-10H2,1-2H3. The highest BCUT2D eigenvalue weighted by Gasteiger charge is 2.04. The van der Waals surface area contributed by atoms with Crippen LogP contribution < -0.4 is 5.32 Å². The first-order chi connectivity index (χ1) is 8.77. The van der Waals surface area contributed by atoms with E-state index in [4.69, 9.17) is 0 Å². The van der Waals surface area contributed by atoms with Gasteiger partial charge in [0.25, 0.3) is 0 Å². The summed E-state index contributed by atoms with van der Waals surface area (Å²) < 4.78 is 2.02. The summed E-state index contributed by atoms with van der Waals surface area (Å²) in [5.74, 6) is 2.01. The molecule has 0 bridgehead atoms. The van der Waals surface area contributed by atoms with Crippen LogP contribution in [0.25, 0.3) is 0 Å². The van der Waals surface area contributed by atoms with Gasteiger partial charge in [-0.2, -0.15) is 0 Å². The largest absolute Gasteiger partial charge is 0.385 e. The summed E-state index contributed by atoms with van der Waals surface area (Å²) in [5.41, 5.74) is 1.18. The van der Waals surface area contributed by atoms with Crippen molar-refractivity contribution in [1.82, 2.24) is 14.8 Å². The maximum atomic E-state index is 4.13. The van der Waals surface area contributed by atoms with Gasteiger partial charge >= 0.3 is 0 Å². The molecule has 0 fully saturated rings. The van der Waals surface area contributed by atoms with Gasteiger partial charge in [-0.1, -0.05) is 30.0 Å². The quantitative estimate of drug-likeness (QED) is 0.642. The zero-order valence-electron chi connectivity index (χ0n) is 10.8. The number of aryl methyl sites for hydroxylation is 1. The first-order valence-electron chi connectivity index (χ1n) is 6.05. The van der Waals surface area contributed by atoms with Crippen LogP contribution in [-0.2, 0) is 7.05 Å². The Balaban J connectivity index is 1.66. The Morgan fingerprint density at radius 3 is 2.67 bits per heavy atom. The molecule has 0 aliphatic carbocycles. The van der Waals surface area contributed by atoms with E-state index in [1.54, 1.807) is 11.8 Å². The van der Waals surface area contributed by atoms with Crippen LogP contribution in [0, 0.1) is 6.92 Å². The average molecular weight is 262 g/mol. The number of thioether (sulfide) groups is 1. The molecule has 2 rings (SSSR count). The van der Waals surface area contributed by atoms with Crippen molar-refractivity contribution in [3.8, 4) is 0 Å². The van der Waals surface area contributed by atoms with E-state index in [1.807, 2.05) is 36.7 Å². The van der Waals surface area contributed by atoms with Crippen molar-refractivity contribution in [2.45, 2.75) is 18.5 Å². The molecule has 1 N–H and O–H groups in total. The van der Waals surface area contributed by atoms with Crippen LogP contribution in [0.15, 0.2) is 35.5 Å². The summed E-state index contributed by atoms with van der Waals surface area (Å²) in [6.45, 7) is 2.95. The minimum atomic E-state index is 0.958. The summed E-state index contributed by atoms with van der Waals surface area (Å²) in [6.07, 6.45) is 1.10. The molecule has 0 unspecified atom stereocenters. The number of nitrogens with one attached hydrogen (secondary N) is 1. The Labute approximate surface area is 112 Å². The highest BCUT2D eigenvalue weighted by Crippen LogP contribution is 2.16. The van der Waals surface area contributed by atoms with Gasteiger partial charge < -0.3 is 9.88 Å². The summed E-state index contributed by atoms with van der Waals surface area (Å²) in [4.78, 5) is 0. The summed E-state index contributed by atoms with van der Waals surface area (Å²) >= 11 is 1.75. The van der Waals surface area contributed by atoms with Crippen molar-refractivity contribution in [2.75, 3.05) is 17.6 Å². The fourth-order valence-corrected chi connectivity index (χ4v) is 2.43. The molecule has 0 radical (unpaired) electrons. The van der Waals surface area contributed by atoms with Gasteiger partial charge in [0.1, 0.15) is 5.82 Å². The van der Waals surface area contributed by atoms with Crippen LogP contribution in [0.2, 0.25) is 0 Å². The van der Waals surface area contributed by atoms with Crippen molar-refractivity contribution in [3.05, 3.63) is 36.2 Å². The fourth-order valence-electron chi connectivity index (χ4n) is 1.54. The molecule has 1 heterocycles. The molecule has 0 aliphatic heterocycles. The van der Waals surface area contributed by atoms with Crippen molar-refractivity contribution < 1.29 is 0 Å². The molecule has 1 aromatic carbocycles. The number of anilines is 1. The van der Waals surface area contributed by atoms with Crippen molar-refractivity contribution in [3.63, 3.8) is 0 Å². The second-order valence-corrected chi connectivity index (χ2v) is 5.15. The normalized spacial score (nSPS) is 10.6. The first-order valence-corrected chi connectivity index (χ1v) is 7.03. The fraction of sp³-hybridized carbons (Fsp3) is 0.385. The topological polar surface area (TPSA) is 42.7 Å². The average Bonchev–Trinajstić information content (AvgIpc) is 2.71. The summed E-state index contributed by atoms with van der Waals surface area (Å²) in [7, 11) is 2.00. The molecule has 0 spiro atoms. The number of aromatic nitrogens is 3. The molecule has 0 saturated heterocycles. The number of hydrogen-bond donors (Lipinski definition) is 1. The van der Waals surface area contributed by atoms with Gasteiger partial charge in [-0.25, -0.2) is 0 Å². The third-order valence-corrected chi connectivity index (χ3v) is 3.81. The lowest BCUT2D eigenvalue weighted by Gasteiger charge is -2.05. The summed E-state index contributed by atoms with van der Waals surface area (Å²) in [5, 5.41) is 12.6. The maximum absolute atomic E-state index is 4.13. The highest BCUT2D eigenvalue weighted by atomic mass is 32.2. The van der Waals surface area contributed by atoms with E-state index in [2.05, 4.69) is 27.6 Å². The number of benzene rings is 1. The molecule has 0 saturated carbocycles. The monoisotopic (exact) mass is 262 g/mol.